The first kappa shape index (κ1) is 15.4. The number of benzene rings is 2. The fourth-order valence-corrected chi connectivity index (χ4v) is 2.18. The molecule has 7 heteroatoms. The molecule has 3 rings (SSSR count). The lowest BCUT2D eigenvalue weighted by molar-refractivity contribution is -0.384. The molecule has 0 bridgehead atoms. The van der Waals surface area contributed by atoms with E-state index in [1.54, 1.807) is 49.4 Å². The second-order valence-corrected chi connectivity index (χ2v) is 5.06. The standard InChI is InChI=1S/C17H13N3O4/c1-12-11-16(24-17(21)13-5-3-2-4-6-13)19(18-12)14-7-9-15(10-8-14)20(22)23/h2-11H,1H3. The molecule has 24 heavy (non-hydrogen) atoms. The monoisotopic (exact) mass is 323 g/mol. The third-order valence-electron chi connectivity index (χ3n) is 3.31. The van der Waals surface area contributed by atoms with Gasteiger partial charge in [-0.1, -0.05) is 18.2 Å². The molecule has 0 aliphatic rings. The van der Waals surface area contributed by atoms with Gasteiger partial charge in [0.1, 0.15) is 0 Å². The van der Waals surface area contributed by atoms with Crippen molar-refractivity contribution in [2.45, 2.75) is 6.92 Å². The molecule has 1 heterocycles. The first-order chi connectivity index (χ1) is 11.5. The minimum absolute atomic E-state index is 0.0227. The van der Waals surface area contributed by atoms with Crippen molar-refractivity contribution in [2.75, 3.05) is 0 Å². The molecular weight excluding hydrogens is 310 g/mol. The topological polar surface area (TPSA) is 87.3 Å². The maximum Gasteiger partial charge on any atom is 0.344 e. The average Bonchev–Trinajstić information content (AvgIpc) is 2.96. The molecule has 3 aromatic rings. The third-order valence-corrected chi connectivity index (χ3v) is 3.31. The smallest absolute Gasteiger partial charge is 0.344 e. The van der Waals surface area contributed by atoms with Gasteiger partial charge in [0.25, 0.3) is 5.69 Å². The summed E-state index contributed by atoms with van der Waals surface area (Å²) in [5, 5.41) is 15.0. The third kappa shape index (κ3) is 3.14. The van der Waals surface area contributed by atoms with Crippen LogP contribution in [0.4, 0.5) is 5.69 Å². The number of esters is 1. The number of nitro benzene ring substituents is 1. The Morgan fingerprint density at radius 2 is 1.79 bits per heavy atom. The van der Waals surface area contributed by atoms with Crippen LogP contribution in [-0.4, -0.2) is 20.7 Å². The Morgan fingerprint density at radius 3 is 2.42 bits per heavy atom. The molecule has 0 radical (unpaired) electrons. The Morgan fingerprint density at radius 1 is 1.12 bits per heavy atom. The van der Waals surface area contributed by atoms with Gasteiger partial charge in [-0.2, -0.15) is 5.10 Å². The van der Waals surface area contributed by atoms with Crippen LogP contribution in [0, 0.1) is 17.0 Å². The predicted molar refractivity (Wildman–Crippen MR) is 86.4 cm³/mol. The van der Waals surface area contributed by atoms with Crippen LogP contribution < -0.4 is 4.74 Å². The van der Waals surface area contributed by atoms with Gasteiger partial charge >= 0.3 is 5.97 Å². The van der Waals surface area contributed by atoms with Crippen LogP contribution in [0.25, 0.3) is 5.69 Å². The molecule has 0 spiro atoms. The van der Waals surface area contributed by atoms with Crippen LogP contribution in [0.1, 0.15) is 16.1 Å². The molecular formula is C17H13N3O4. The lowest BCUT2D eigenvalue weighted by atomic mass is 10.2. The Hall–Kier alpha value is -3.48. The minimum Gasteiger partial charge on any atom is -0.404 e. The van der Waals surface area contributed by atoms with Crippen LogP contribution >= 0.6 is 0 Å². The molecule has 0 unspecified atom stereocenters. The Kier molecular flexibility index (Phi) is 4.07. The molecule has 0 aliphatic carbocycles. The number of rotatable bonds is 4. The van der Waals surface area contributed by atoms with Gasteiger partial charge in [-0.05, 0) is 31.2 Å². The molecule has 0 amide bonds. The zero-order valence-corrected chi connectivity index (χ0v) is 12.7. The lowest BCUT2D eigenvalue weighted by Gasteiger charge is -2.07. The molecule has 0 aliphatic heterocycles. The predicted octanol–water partition coefficient (Wildman–Crippen LogP) is 3.31. The van der Waals surface area contributed by atoms with Crippen LogP contribution in [0.2, 0.25) is 0 Å². The van der Waals surface area contributed by atoms with Crippen molar-refractivity contribution in [2.24, 2.45) is 0 Å². The number of carbonyl (C=O) groups excluding carboxylic acids is 1. The van der Waals surface area contributed by atoms with Crippen molar-refractivity contribution in [3.8, 4) is 11.6 Å². The zero-order valence-electron chi connectivity index (χ0n) is 12.7. The van der Waals surface area contributed by atoms with Gasteiger partial charge in [0.2, 0.25) is 5.88 Å². The van der Waals surface area contributed by atoms with Crippen LogP contribution in [0.5, 0.6) is 5.88 Å². The summed E-state index contributed by atoms with van der Waals surface area (Å²) in [5.74, 6) is -0.256. The number of aromatic nitrogens is 2. The van der Waals surface area contributed by atoms with E-state index in [4.69, 9.17) is 4.74 Å². The summed E-state index contributed by atoms with van der Waals surface area (Å²) in [4.78, 5) is 22.5. The average molecular weight is 323 g/mol. The Labute approximate surface area is 137 Å². The van der Waals surface area contributed by atoms with Gasteiger partial charge in [-0.15, -0.1) is 0 Å². The van der Waals surface area contributed by atoms with E-state index in [-0.39, 0.29) is 11.6 Å². The molecule has 0 saturated heterocycles. The molecule has 7 nitrogen and oxygen atoms in total. The van der Waals surface area contributed by atoms with Crippen molar-refractivity contribution in [1.29, 1.82) is 0 Å². The minimum atomic E-state index is -0.501. The van der Waals surface area contributed by atoms with Gasteiger partial charge in [0.05, 0.1) is 21.9 Å². The first-order valence-corrected chi connectivity index (χ1v) is 7.13. The second-order valence-electron chi connectivity index (χ2n) is 5.06. The van der Waals surface area contributed by atoms with E-state index in [0.717, 1.165) is 0 Å². The number of carbonyl (C=O) groups is 1. The number of ether oxygens (including phenoxy) is 1. The van der Waals surface area contributed by atoms with Crippen LogP contribution in [0.3, 0.4) is 0 Å². The highest BCUT2D eigenvalue weighted by Gasteiger charge is 2.15. The van der Waals surface area contributed by atoms with E-state index in [2.05, 4.69) is 5.10 Å². The van der Waals surface area contributed by atoms with Gasteiger partial charge < -0.3 is 4.74 Å². The highest BCUT2D eigenvalue weighted by Crippen LogP contribution is 2.22. The number of nitro groups is 1. The molecule has 1 aromatic heterocycles. The summed E-state index contributed by atoms with van der Waals surface area (Å²) in [7, 11) is 0. The normalized spacial score (nSPS) is 10.4. The maximum absolute atomic E-state index is 12.2. The fourth-order valence-electron chi connectivity index (χ4n) is 2.18. The van der Waals surface area contributed by atoms with Crippen molar-refractivity contribution in [3.63, 3.8) is 0 Å². The van der Waals surface area contributed by atoms with Crippen molar-refractivity contribution >= 4 is 11.7 Å². The largest absolute Gasteiger partial charge is 0.404 e. The molecule has 120 valence electrons. The second kappa shape index (κ2) is 6.33. The van der Waals surface area contributed by atoms with E-state index in [9.17, 15) is 14.9 Å². The van der Waals surface area contributed by atoms with E-state index < -0.39 is 10.9 Å². The first-order valence-electron chi connectivity index (χ1n) is 7.13. The highest BCUT2D eigenvalue weighted by atomic mass is 16.6. The number of hydrogen-bond acceptors (Lipinski definition) is 5. The van der Waals surface area contributed by atoms with Crippen LogP contribution in [0.15, 0.2) is 60.7 Å². The van der Waals surface area contributed by atoms with Gasteiger partial charge in [-0.3, -0.25) is 10.1 Å². The van der Waals surface area contributed by atoms with Crippen LogP contribution in [-0.2, 0) is 0 Å². The number of hydrogen-bond donors (Lipinski definition) is 0. The number of non-ortho nitro benzene ring substituents is 1. The Balaban J connectivity index is 1.90. The van der Waals surface area contributed by atoms with E-state index in [1.807, 2.05) is 6.07 Å². The summed E-state index contributed by atoms with van der Waals surface area (Å²) < 4.78 is 6.84. The lowest BCUT2D eigenvalue weighted by Crippen LogP contribution is -2.11. The number of nitrogens with zero attached hydrogens (tertiary/aromatic N) is 3. The summed E-state index contributed by atoms with van der Waals surface area (Å²) in [5.41, 5.74) is 1.62. The van der Waals surface area contributed by atoms with Gasteiger partial charge in [0, 0.05) is 18.2 Å². The SMILES string of the molecule is Cc1cc(OC(=O)c2ccccc2)n(-c2ccc([N+](=O)[O-])cc2)n1. The van der Waals surface area contributed by atoms with Crippen molar-refractivity contribution in [3.05, 3.63) is 82.0 Å². The van der Waals surface area contributed by atoms with E-state index >= 15 is 0 Å². The summed E-state index contributed by atoms with van der Waals surface area (Å²) in [6.45, 7) is 1.77. The molecule has 0 saturated carbocycles. The molecule has 0 atom stereocenters. The van der Waals surface area contributed by atoms with Gasteiger partial charge in [-0.25, -0.2) is 9.48 Å². The summed E-state index contributed by atoms with van der Waals surface area (Å²) in [6, 6.07) is 16.1. The maximum atomic E-state index is 12.2. The number of aryl methyl sites for hydroxylation is 1. The summed E-state index contributed by atoms with van der Waals surface area (Å²) >= 11 is 0. The van der Waals surface area contributed by atoms with E-state index in [1.165, 1.54) is 16.8 Å². The molecule has 0 fully saturated rings. The van der Waals surface area contributed by atoms with Gasteiger partial charge in [0.15, 0.2) is 0 Å². The van der Waals surface area contributed by atoms with E-state index in [0.29, 0.717) is 16.9 Å². The zero-order chi connectivity index (χ0) is 17.1. The molecule has 0 N–H and O–H groups in total. The quantitative estimate of drug-likeness (QED) is 0.417. The highest BCUT2D eigenvalue weighted by molar-refractivity contribution is 5.90. The molecule has 2 aromatic carbocycles. The Bertz CT molecular complexity index is 886. The van der Waals surface area contributed by atoms with Crippen molar-refractivity contribution in [1.82, 2.24) is 9.78 Å². The summed E-state index contributed by atoms with van der Waals surface area (Å²) in [6.07, 6.45) is 0. The van der Waals surface area contributed by atoms with Crippen molar-refractivity contribution < 1.29 is 14.5 Å². The fraction of sp³-hybridized carbons (Fsp3) is 0.0588.